The molecule has 0 radical (unpaired) electrons. The largest absolute Gasteiger partial charge is 0.348 e. The number of rotatable bonds is 4. The van der Waals surface area contributed by atoms with E-state index in [0.29, 0.717) is 12.1 Å². The smallest absolute Gasteiger partial charge is 0.251 e. The number of hydrogen-bond acceptors (Lipinski definition) is 3. The quantitative estimate of drug-likeness (QED) is 0.804. The van der Waals surface area contributed by atoms with Gasteiger partial charge in [0.25, 0.3) is 5.91 Å². The van der Waals surface area contributed by atoms with Crippen molar-refractivity contribution in [2.75, 3.05) is 0 Å². The molecule has 0 saturated heterocycles. The van der Waals surface area contributed by atoms with Gasteiger partial charge >= 0.3 is 0 Å². The van der Waals surface area contributed by atoms with Crippen LogP contribution in [0.2, 0.25) is 0 Å². The van der Waals surface area contributed by atoms with Crippen molar-refractivity contribution in [3.63, 3.8) is 0 Å². The lowest BCUT2D eigenvalue weighted by Crippen LogP contribution is -2.22. The van der Waals surface area contributed by atoms with Gasteiger partial charge in [0.15, 0.2) is 0 Å². The lowest BCUT2D eigenvalue weighted by Gasteiger charge is -2.06. The van der Waals surface area contributed by atoms with Crippen LogP contribution in [0.3, 0.4) is 0 Å². The fraction of sp³-hybridized carbons (Fsp3) is 0.105. The zero-order chi connectivity index (χ0) is 16.1. The SMILES string of the molecule is Cc1ccnc(-c2ccc(C(=O)NCc3cccnc3)cc2)c1. The highest BCUT2D eigenvalue weighted by Crippen LogP contribution is 2.18. The summed E-state index contributed by atoms with van der Waals surface area (Å²) in [5, 5.41) is 2.89. The molecule has 4 nitrogen and oxygen atoms in total. The summed E-state index contributed by atoms with van der Waals surface area (Å²) in [6.45, 7) is 2.50. The van der Waals surface area contributed by atoms with Crippen molar-refractivity contribution in [2.45, 2.75) is 13.5 Å². The number of aryl methyl sites for hydroxylation is 1. The highest BCUT2D eigenvalue weighted by atomic mass is 16.1. The Labute approximate surface area is 135 Å². The van der Waals surface area contributed by atoms with E-state index >= 15 is 0 Å². The zero-order valence-electron chi connectivity index (χ0n) is 12.9. The van der Waals surface area contributed by atoms with Crippen LogP contribution in [0.5, 0.6) is 0 Å². The molecule has 0 aliphatic carbocycles. The van der Waals surface area contributed by atoms with Crippen LogP contribution in [0, 0.1) is 6.92 Å². The van der Waals surface area contributed by atoms with Gasteiger partial charge in [0.2, 0.25) is 0 Å². The third-order valence-corrected chi connectivity index (χ3v) is 3.53. The van der Waals surface area contributed by atoms with Crippen LogP contribution in [-0.2, 0) is 6.54 Å². The first-order chi connectivity index (χ1) is 11.2. The second-order valence-electron chi connectivity index (χ2n) is 5.34. The van der Waals surface area contributed by atoms with Crippen LogP contribution in [-0.4, -0.2) is 15.9 Å². The van der Waals surface area contributed by atoms with Gasteiger partial charge in [-0.15, -0.1) is 0 Å². The predicted molar refractivity (Wildman–Crippen MR) is 89.8 cm³/mol. The average Bonchev–Trinajstić information content (AvgIpc) is 2.61. The van der Waals surface area contributed by atoms with Crippen molar-refractivity contribution in [2.24, 2.45) is 0 Å². The van der Waals surface area contributed by atoms with Crippen LogP contribution in [0.25, 0.3) is 11.3 Å². The minimum Gasteiger partial charge on any atom is -0.348 e. The van der Waals surface area contributed by atoms with Crippen molar-refractivity contribution in [1.82, 2.24) is 15.3 Å². The molecule has 1 N–H and O–H groups in total. The Bertz CT molecular complexity index is 798. The Morgan fingerprint density at radius 2 is 1.91 bits per heavy atom. The Morgan fingerprint density at radius 1 is 1.09 bits per heavy atom. The van der Waals surface area contributed by atoms with Gasteiger partial charge in [0.1, 0.15) is 0 Å². The summed E-state index contributed by atoms with van der Waals surface area (Å²) in [4.78, 5) is 20.6. The maximum absolute atomic E-state index is 12.2. The van der Waals surface area contributed by atoms with E-state index in [0.717, 1.165) is 22.4 Å². The van der Waals surface area contributed by atoms with Crippen LogP contribution in [0.1, 0.15) is 21.5 Å². The van der Waals surface area contributed by atoms with E-state index in [9.17, 15) is 4.79 Å². The number of carbonyl (C=O) groups is 1. The van der Waals surface area contributed by atoms with Gasteiger partial charge in [-0.25, -0.2) is 0 Å². The Morgan fingerprint density at radius 3 is 2.61 bits per heavy atom. The molecule has 3 aromatic rings. The van der Waals surface area contributed by atoms with Crippen molar-refractivity contribution >= 4 is 5.91 Å². The molecule has 3 rings (SSSR count). The lowest BCUT2D eigenvalue weighted by molar-refractivity contribution is 0.0951. The number of amides is 1. The van der Waals surface area contributed by atoms with Gasteiger partial charge in [-0.2, -0.15) is 0 Å². The minimum atomic E-state index is -0.0994. The summed E-state index contributed by atoms with van der Waals surface area (Å²) >= 11 is 0. The molecule has 0 bridgehead atoms. The van der Waals surface area contributed by atoms with Gasteiger partial charge in [-0.3, -0.25) is 14.8 Å². The summed E-state index contributed by atoms with van der Waals surface area (Å²) in [6, 6.07) is 15.2. The van der Waals surface area contributed by atoms with E-state index in [-0.39, 0.29) is 5.91 Å². The molecule has 2 aromatic heterocycles. The average molecular weight is 303 g/mol. The van der Waals surface area contributed by atoms with E-state index in [2.05, 4.69) is 15.3 Å². The summed E-state index contributed by atoms with van der Waals surface area (Å²) in [5.41, 5.74) is 4.67. The molecule has 23 heavy (non-hydrogen) atoms. The van der Waals surface area contributed by atoms with Crippen molar-refractivity contribution < 1.29 is 4.79 Å². The predicted octanol–water partition coefficient (Wildman–Crippen LogP) is 3.38. The molecule has 0 unspecified atom stereocenters. The molecule has 0 fully saturated rings. The van der Waals surface area contributed by atoms with Gasteiger partial charge < -0.3 is 5.32 Å². The van der Waals surface area contributed by atoms with Gasteiger partial charge in [-0.1, -0.05) is 18.2 Å². The molecular formula is C19H17N3O. The molecule has 2 heterocycles. The number of pyridine rings is 2. The lowest BCUT2D eigenvalue weighted by atomic mass is 10.1. The standard InChI is InChI=1S/C19H17N3O/c1-14-8-10-21-18(11-14)16-4-6-17(7-5-16)19(23)22-13-15-3-2-9-20-12-15/h2-12H,13H2,1H3,(H,22,23). The van der Waals surface area contributed by atoms with Crippen LogP contribution < -0.4 is 5.32 Å². The number of benzene rings is 1. The molecule has 0 saturated carbocycles. The maximum atomic E-state index is 12.2. The first-order valence-corrected chi connectivity index (χ1v) is 7.42. The topological polar surface area (TPSA) is 54.9 Å². The zero-order valence-corrected chi connectivity index (χ0v) is 12.9. The van der Waals surface area contributed by atoms with E-state index in [1.807, 2.05) is 55.5 Å². The second-order valence-corrected chi connectivity index (χ2v) is 5.34. The van der Waals surface area contributed by atoms with Crippen molar-refractivity contribution in [1.29, 1.82) is 0 Å². The molecule has 114 valence electrons. The Balaban J connectivity index is 1.68. The third kappa shape index (κ3) is 3.80. The number of carbonyl (C=O) groups excluding carboxylic acids is 1. The molecule has 1 aromatic carbocycles. The van der Waals surface area contributed by atoms with Crippen molar-refractivity contribution in [3.05, 3.63) is 83.8 Å². The summed E-state index contributed by atoms with van der Waals surface area (Å²) in [7, 11) is 0. The fourth-order valence-electron chi connectivity index (χ4n) is 2.27. The minimum absolute atomic E-state index is 0.0994. The highest BCUT2D eigenvalue weighted by molar-refractivity contribution is 5.94. The third-order valence-electron chi connectivity index (χ3n) is 3.53. The molecule has 1 amide bonds. The Hall–Kier alpha value is -3.01. The number of nitrogens with zero attached hydrogens (tertiary/aromatic N) is 2. The van der Waals surface area contributed by atoms with E-state index in [4.69, 9.17) is 0 Å². The highest BCUT2D eigenvalue weighted by Gasteiger charge is 2.06. The normalized spacial score (nSPS) is 10.3. The molecule has 0 aliphatic heterocycles. The maximum Gasteiger partial charge on any atom is 0.251 e. The molecule has 0 spiro atoms. The second kappa shape index (κ2) is 6.83. The Kier molecular flexibility index (Phi) is 4.43. The van der Waals surface area contributed by atoms with Crippen molar-refractivity contribution in [3.8, 4) is 11.3 Å². The summed E-state index contributed by atoms with van der Waals surface area (Å²) < 4.78 is 0. The molecule has 0 atom stereocenters. The summed E-state index contributed by atoms with van der Waals surface area (Å²) in [5.74, 6) is -0.0994. The first-order valence-electron chi connectivity index (χ1n) is 7.42. The van der Waals surface area contributed by atoms with Gasteiger partial charge in [0.05, 0.1) is 5.69 Å². The first kappa shape index (κ1) is 14.9. The molecular weight excluding hydrogens is 286 g/mol. The number of aromatic nitrogens is 2. The molecule has 4 heteroatoms. The molecule has 0 aliphatic rings. The monoisotopic (exact) mass is 303 g/mol. The van der Waals surface area contributed by atoms with Crippen LogP contribution in [0.15, 0.2) is 67.1 Å². The fourth-order valence-corrected chi connectivity index (χ4v) is 2.27. The van der Waals surface area contributed by atoms with Crippen LogP contribution >= 0.6 is 0 Å². The number of nitrogens with one attached hydrogen (secondary N) is 1. The van der Waals surface area contributed by atoms with Crippen LogP contribution in [0.4, 0.5) is 0 Å². The summed E-state index contributed by atoms with van der Waals surface area (Å²) in [6.07, 6.45) is 5.25. The van der Waals surface area contributed by atoms with E-state index in [1.54, 1.807) is 18.6 Å². The van der Waals surface area contributed by atoms with E-state index < -0.39 is 0 Å². The van der Waals surface area contributed by atoms with E-state index in [1.165, 1.54) is 0 Å². The van der Waals surface area contributed by atoms with Gasteiger partial charge in [-0.05, 0) is 48.4 Å². The van der Waals surface area contributed by atoms with Gasteiger partial charge in [0, 0.05) is 36.3 Å². The number of hydrogen-bond donors (Lipinski definition) is 1.